The molecule has 7 heteroatoms. The Hall–Kier alpha value is -2.83. The molecule has 0 spiro atoms. The van der Waals surface area contributed by atoms with Gasteiger partial charge in [0, 0.05) is 36.4 Å². The van der Waals surface area contributed by atoms with Crippen LogP contribution < -0.4 is 10.3 Å². The first-order valence-electron chi connectivity index (χ1n) is 8.97. The van der Waals surface area contributed by atoms with Gasteiger partial charge < -0.3 is 9.47 Å². The van der Waals surface area contributed by atoms with Crippen LogP contribution in [0.25, 0.3) is 16.6 Å². The number of halogens is 4. The third-order valence-corrected chi connectivity index (χ3v) is 5.17. The number of alkyl halides is 4. The molecule has 28 heavy (non-hydrogen) atoms. The summed E-state index contributed by atoms with van der Waals surface area (Å²) in [5.41, 5.74) is 0.337. The molecule has 3 aromatic rings. The van der Waals surface area contributed by atoms with E-state index in [1.807, 2.05) is 0 Å². The van der Waals surface area contributed by atoms with Gasteiger partial charge in [0.05, 0.1) is 16.8 Å². The van der Waals surface area contributed by atoms with Crippen LogP contribution in [0.15, 0.2) is 53.5 Å². The molecule has 146 valence electrons. The van der Waals surface area contributed by atoms with Gasteiger partial charge in [-0.2, -0.15) is 13.2 Å². The summed E-state index contributed by atoms with van der Waals surface area (Å²) in [6.07, 6.45) is -3.95. The fourth-order valence-corrected chi connectivity index (χ4v) is 3.80. The maximum absolute atomic E-state index is 13.9. The fraction of sp³-hybridized carbons (Fsp3) is 0.286. The third kappa shape index (κ3) is 3.15. The molecule has 0 saturated carbocycles. The zero-order chi connectivity index (χ0) is 20.1. The lowest BCUT2D eigenvalue weighted by Crippen LogP contribution is -2.21. The Bertz CT molecular complexity index is 1100. The number of fused-ring (bicyclic) bond motifs is 1. The van der Waals surface area contributed by atoms with Crippen LogP contribution in [0.4, 0.5) is 23.2 Å². The molecule has 1 aliphatic heterocycles. The smallest absolute Gasteiger partial charge is 0.368 e. The molecule has 2 heterocycles. The van der Waals surface area contributed by atoms with Crippen molar-refractivity contribution in [2.24, 2.45) is 0 Å². The highest BCUT2D eigenvalue weighted by atomic mass is 19.4. The lowest BCUT2D eigenvalue weighted by molar-refractivity contribution is -0.137. The summed E-state index contributed by atoms with van der Waals surface area (Å²) in [6, 6.07) is 10.4. The molecule has 0 bridgehead atoms. The number of anilines is 1. The summed E-state index contributed by atoms with van der Waals surface area (Å²) < 4.78 is 56.5. The van der Waals surface area contributed by atoms with E-state index in [1.54, 1.807) is 36.1 Å². The van der Waals surface area contributed by atoms with Crippen LogP contribution in [0.5, 0.6) is 0 Å². The van der Waals surface area contributed by atoms with Crippen molar-refractivity contribution in [2.45, 2.75) is 25.7 Å². The maximum Gasteiger partial charge on any atom is 0.418 e. The van der Waals surface area contributed by atoms with E-state index < -0.39 is 17.9 Å². The first-order valence-corrected chi connectivity index (χ1v) is 8.97. The zero-order valence-electron chi connectivity index (χ0n) is 15.1. The number of pyridine rings is 1. The lowest BCUT2D eigenvalue weighted by atomic mass is 10.1. The van der Waals surface area contributed by atoms with Crippen molar-refractivity contribution in [3.63, 3.8) is 0 Å². The molecule has 1 saturated heterocycles. The Morgan fingerprint density at radius 2 is 1.89 bits per heavy atom. The van der Waals surface area contributed by atoms with Crippen LogP contribution in [0.3, 0.4) is 0 Å². The van der Waals surface area contributed by atoms with Crippen molar-refractivity contribution in [3.8, 4) is 5.69 Å². The maximum atomic E-state index is 13.9. The van der Waals surface area contributed by atoms with Crippen molar-refractivity contribution in [2.75, 3.05) is 18.0 Å². The second kappa shape index (κ2) is 6.65. The molecule has 1 aliphatic rings. The molecular weight excluding hydrogens is 372 g/mol. The van der Waals surface area contributed by atoms with E-state index in [2.05, 4.69) is 0 Å². The molecule has 0 N–H and O–H groups in total. The van der Waals surface area contributed by atoms with E-state index in [1.165, 1.54) is 22.9 Å². The highest BCUT2D eigenvalue weighted by molar-refractivity contribution is 5.84. The van der Waals surface area contributed by atoms with Crippen molar-refractivity contribution in [1.29, 1.82) is 0 Å². The van der Waals surface area contributed by atoms with Gasteiger partial charge in [-0.25, -0.2) is 4.39 Å². The van der Waals surface area contributed by atoms with Gasteiger partial charge >= 0.3 is 6.18 Å². The van der Waals surface area contributed by atoms with Crippen molar-refractivity contribution in [1.82, 2.24) is 4.57 Å². The van der Waals surface area contributed by atoms with Crippen LogP contribution >= 0.6 is 0 Å². The van der Waals surface area contributed by atoms with Crippen LogP contribution in [-0.4, -0.2) is 23.8 Å². The van der Waals surface area contributed by atoms with Gasteiger partial charge in [-0.15, -0.1) is 0 Å². The molecule has 0 amide bonds. The van der Waals surface area contributed by atoms with Gasteiger partial charge in [0.15, 0.2) is 5.43 Å². The molecular formula is C21H18F4N2O. The average molecular weight is 390 g/mol. The summed E-state index contributed by atoms with van der Waals surface area (Å²) in [6.45, 7) is 2.23. The number of benzene rings is 2. The number of hydrogen-bond donors (Lipinski definition) is 0. The number of aromatic nitrogens is 1. The topological polar surface area (TPSA) is 25.2 Å². The van der Waals surface area contributed by atoms with E-state index in [-0.39, 0.29) is 17.7 Å². The van der Waals surface area contributed by atoms with E-state index in [0.29, 0.717) is 35.1 Å². The summed E-state index contributed by atoms with van der Waals surface area (Å²) >= 11 is 0. The first kappa shape index (κ1) is 18.5. The summed E-state index contributed by atoms with van der Waals surface area (Å²) in [7, 11) is 0. The minimum absolute atomic E-state index is 0.0668. The molecule has 1 atom stereocenters. The second-order valence-electron chi connectivity index (χ2n) is 7.05. The Kier molecular flexibility index (Phi) is 4.40. The number of nitrogens with zero attached hydrogens (tertiary/aromatic N) is 2. The monoisotopic (exact) mass is 390 g/mol. The van der Waals surface area contributed by atoms with Gasteiger partial charge in [-0.3, -0.25) is 4.79 Å². The Morgan fingerprint density at radius 3 is 2.57 bits per heavy atom. The average Bonchev–Trinajstić information content (AvgIpc) is 3.07. The highest BCUT2D eigenvalue weighted by Crippen LogP contribution is 2.38. The highest BCUT2D eigenvalue weighted by Gasteiger charge is 2.35. The van der Waals surface area contributed by atoms with E-state index in [0.717, 1.165) is 6.07 Å². The van der Waals surface area contributed by atoms with Crippen LogP contribution in [-0.2, 0) is 6.18 Å². The minimum Gasteiger partial charge on any atom is -0.368 e. The van der Waals surface area contributed by atoms with Gasteiger partial charge in [0.2, 0.25) is 0 Å². The van der Waals surface area contributed by atoms with Crippen LogP contribution in [0, 0.1) is 6.92 Å². The zero-order valence-corrected chi connectivity index (χ0v) is 15.1. The van der Waals surface area contributed by atoms with Gasteiger partial charge in [0.25, 0.3) is 0 Å². The number of hydrogen-bond acceptors (Lipinski definition) is 2. The molecule has 1 aromatic heterocycles. The second-order valence-corrected chi connectivity index (χ2v) is 7.05. The lowest BCUT2D eigenvalue weighted by Gasteiger charge is -2.22. The molecule has 4 rings (SSSR count). The van der Waals surface area contributed by atoms with Gasteiger partial charge in [0.1, 0.15) is 6.17 Å². The van der Waals surface area contributed by atoms with Crippen molar-refractivity contribution in [3.05, 3.63) is 70.0 Å². The number of aryl methyl sites for hydroxylation is 1. The Labute approximate surface area is 158 Å². The third-order valence-electron chi connectivity index (χ3n) is 5.17. The molecule has 1 unspecified atom stereocenters. The predicted molar refractivity (Wildman–Crippen MR) is 101 cm³/mol. The quantitative estimate of drug-likeness (QED) is 0.584. The van der Waals surface area contributed by atoms with Gasteiger partial charge in [-0.1, -0.05) is 12.1 Å². The number of rotatable bonds is 2. The SMILES string of the molecule is Cc1cccc2c1c(=O)ccn2-c1ccc(N2CCC(F)C2)cc1C(F)(F)F. The Balaban J connectivity index is 1.93. The summed E-state index contributed by atoms with van der Waals surface area (Å²) in [5.74, 6) is 0. The molecule has 2 aromatic carbocycles. The fourth-order valence-electron chi connectivity index (χ4n) is 3.80. The van der Waals surface area contributed by atoms with Crippen LogP contribution in [0.1, 0.15) is 17.5 Å². The predicted octanol–water partition coefficient (Wildman–Crippen LogP) is 4.87. The van der Waals surface area contributed by atoms with Gasteiger partial charge in [-0.05, 0) is 43.2 Å². The largest absolute Gasteiger partial charge is 0.418 e. The summed E-state index contributed by atoms with van der Waals surface area (Å²) in [4.78, 5) is 13.9. The molecule has 1 fully saturated rings. The normalized spacial score (nSPS) is 17.5. The standard InChI is InChI=1S/C21H18F4N2O/c1-13-3-2-4-18-20(13)19(28)8-10-27(18)17-6-5-15(11-16(17)21(23,24)25)26-9-7-14(22)12-26/h2-6,8,10-11,14H,7,9,12H2,1H3. The van der Waals surface area contributed by atoms with Crippen molar-refractivity contribution >= 4 is 16.6 Å². The Morgan fingerprint density at radius 1 is 1.11 bits per heavy atom. The molecule has 0 radical (unpaired) electrons. The first-order chi connectivity index (χ1) is 13.3. The van der Waals surface area contributed by atoms with Crippen molar-refractivity contribution < 1.29 is 17.6 Å². The van der Waals surface area contributed by atoms with E-state index >= 15 is 0 Å². The van der Waals surface area contributed by atoms with Crippen LogP contribution in [0.2, 0.25) is 0 Å². The van der Waals surface area contributed by atoms with E-state index in [9.17, 15) is 22.4 Å². The summed E-state index contributed by atoms with van der Waals surface area (Å²) in [5, 5.41) is 0.391. The molecule has 3 nitrogen and oxygen atoms in total. The molecule has 0 aliphatic carbocycles. The van der Waals surface area contributed by atoms with E-state index in [4.69, 9.17) is 0 Å². The minimum atomic E-state index is -4.60.